The third-order valence-corrected chi connectivity index (χ3v) is 5.66. The van der Waals surface area contributed by atoms with Gasteiger partial charge in [0.25, 0.3) is 0 Å². The minimum atomic E-state index is -3.42. The van der Waals surface area contributed by atoms with Crippen LogP contribution < -0.4 is 0 Å². The van der Waals surface area contributed by atoms with Gasteiger partial charge >= 0.3 is 0 Å². The van der Waals surface area contributed by atoms with E-state index in [1.54, 1.807) is 13.0 Å². The number of aryl methyl sites for hydroxylation is 1. The number of hydrogen-bond donors (Lipinski definition) is 0. The molecule has 0 atom stereocenters. The van der Waals surface area contributed by atoms with Gasteiger partial charge in [-0.2, -0.15) is 4.31 Å². The minimum absolute atomic E-state index is 0.258. The third-order valence-electron chi connectivity index (χ3n) is 2.90. The second kappa shape index (κ2) is 4.76. The molecule has 0 unspecified atom stereocenters. The third kappa shape index (κ3) is 2.45. The molecule has 6 heteroatoms. The van der Waals surface area contributed by atoms with E-state index in [2.05, 4.69) is 0 Å². The molecule has 1 heterocycles. The minimum Gasteiger partial charge on any atom is -0.207 e. The summed E-state index contributed by atoms with van der Waals surface area (Å²) in [4.78, 5) is 0.258. The molecule has 0 amide bonds. The predicted octanol–water partition coefficient (Wildman–Crippen LogP) is 3.09. The van der Waals surface area contributed by atoms with Gasteiger partial charge in [-0.1, -0.05) is 23.2 Å². The van der Waals surface area contributed by atoms with Crippen molar-refractivity contribution in [2.45, 2.75) is 24.7 Å². The molecular weight excluding hydrogens is 281 g/mol. The molecule has 0 aliphatic carbocycles. The summed E-state index contributed by atoms with van der Waals surface area (Å²) >= 11 is 11.7. The fourth-order valence-electron chi connectivity index (χ4n) is 1.97. The molecule has 0 aromatic heterocycles. The SMILES string of the molecule is Cc1cc(Cl)c(Cl)cc1S(=O)(=O)N1CCCC1. The second-order valence-electron chi connectivity index (χ2n) is 4.14. The molecule has 1 fully saturated rings. The molecule has 0 bridgehead atoms. The van der Waals surface area contributed by atoms with Gasteiger partial charge in [-0.25, -0.2) is 8.42 Å². The Morgan fingerprint density at radius 1 is 1.12 bits per heavy atom. The highest BCUT2D eigenvalue weighted by Gasteiger charge is 2.28. The standard InChI is InChI=1S/C11H13Cl2NO2S/c1-8-6-9(12)10(13)7-11(8)17(15,16)14-4-2-3-5-14/h6-7H,2-5H2,1H3. The van der Waals surface area contributed by atoms with Crippen LogP contribution in [-0.4, -0.2) is 25.8 Å². The first-order chi connectivity index (χ1) is 7.93. The Morgan fingerprint density at radius 2 is 1.65 bits per heavy atom. The Labute approximate surface area is 111 Å². The van der Waals surface area contributed by atoms with Crippen molar-refractivity contribution in [2.24, 2.45) is 0 Å². The quantitative estimate of drug-likeness (QED) is 0.840. The van der Waals surface area contributed by atoms with Crippen LogP contribution in [0.15, 0.2) is 17.0 Å². The van der Waals surface area contributed by atoms with Gasteiger partial charge in [-0.15, -0.1) is 0 Å². The highest BCUT2D eigenvalue weighted by molar-refractivity contribution is 7.89. The Hall–Kier alpha value is -0.290. The van der Waals surface area contributed by atoms with Gasteiger partial charge in [0.2, 0.25) is 10.0 Å². The molecule has 2 rings (SSSR count). The van der Waals surface area contributed by atoms with E-state index >= 15 is 0 Å². The highest BCUT2D eigenvalue weighted by atomic mass is 35.5. The fraction of sp³-hybridized carbons (Fsp3) is 0.455. The maximum absolute atomic E-state index is 12.3. The number of benzene rings is 1. The van der Waals surface area contributed by atoms with E-state index in [0.717, 1.165) is 12.8 Å². The maximum atomic E-state index is 12.3. The van der Waals surface area contributed by atoms with E-state index in [9.17, 15) is 8.42 Å². The van der Waals surface area contributed by atoms with E-state index in [4.69, 9.17) is 23.2 Å². The molecule has 0 saturated carbocycles. The summed E-state index contributed by atoms with van der Waals surface area (Å²) in [5.41, 5.74) is 0.631. The van der Waals surface area contributed by atoms with Crippen molar-refractivity contribution >= 4 is 33.2 Å². The van der Waals surface area contributed by atoms with Crippen molar-refractivity contribution in [1.82, 2.24) is 4.31 Å². The van der Waals surface area contributed by atoms with Gasteiger partial charge in [0.1, 0.15) is 0 Å². The average Bonchev–Trinajstić information content (AvgIpc) is 2.77. The molecule has 1 aliphatic heterocycles. The lowest BCUT2D eigenvalue weighted by Crippen LogP contribution is -2.28. The maximum Gasteiger partial charge on any atom is 0.243 e. The van der Waals surface area contributed by atoms with Crippen molar-refractivity contribution in [3.8, 4) is 0 Å². The molecule has 0 radical (unpaired) electrons. The molecule has 17 heavy (non-hydrogen) atoms. The first-order valence-corrected chi connectivity index (χ1v) is 7.58. The van der Waals surface area contributed by atoms with Crippen LogP contribution in [0.3, 0.4) is 0 Å². The molecule has 1 aromatic carbocycles. The van der Waals surface area contributed by atoms with Gasteiger partial charge in [-0.3, -0.25) is 0 Å². The summed E-state index contributed by atoms with van der Waals surface area (Å²) in [7, 11) is -3.42. The largest absolute Gasteiger partial charge is 0.243 e. The average molecular weight is 294 g/mol. The van der Waals surface area contributed by atoms with Gasteiger partial charge < -0.3 is 0 Å². The van der Waals surface area contributed by atoms with Gasteiger partial charge in [-0.05, 0) is 37.5 Å². The van der Waals surface area contributed by atoms with E-state index in [-0.39, 0.29) is 9.92 Å². The fourth-order valence-corrected chi connectivity index (χ4v) is 4.17. The molecule has 1 aliphatic rings. The predicted molar refractivity (Wildman–Crippen MR) is 69.2 cm³/mol. The van der Waals surface area contributed by atoms with E-state index < -0.39 is 10.0 Å². The lowest BCUT2D eigenvalue weighted by Gasteiger charge is -2.17. The molecule has 1 aromatic rings. The molecule has 0 N–H and O–H groups in total. The van der Waals surface area contributed by atoms with E-state index in [1.807, 2.05) is 0 Å². The zero-order valence-electron chi connectivity index (χ0n) is 9.41. The summed E-state index contributed by atoms with van der Waals surface area (Å²) in [5.74, 6) is 0. The van der Waals surface area contributed by atoms with Crippen molar-refractivity contribution in [2.75, 3.05) is 13.1 Å². The van der Waals surface area contributed by atoms with Crippen LogP contribution in [0.2, 0.25) is 10.0 Å². The summed E-state index contributed by atoms with van der Waals surface area (Å²) in [6.45, 7) is 2.90. The van der Waals surface area contributed by atoms with Crippen LogP contribution in [0, 0.1) is 6.92 Å². The van der Waals surface area contributed by atoms with Crippen LogP contribution >= 0.6 is 23.2 Å². The van der Waals surface area contributed by atoms with Crippen LogP contribution in [0.1, 0.15) is 18.4 Å². The Balaban J connectivity index is 2.49. The Bertz CT molecular complexity index is 537. The topological polar surface area (TPSA) is 37.4 Å². The first-order valence-electron chi connectivity index (χ1n) is 5.39. The summed E-state index contributed by atoms with van der Waals surface area (Å²) < 4.78 is 26.2. The lowest BCUT2D eigenvalue weighted by molar-refractivity contribution is 0.477. The first kappa shape index (κ1) is 13.1. The molecule has 1 saturated heterocycles. The number of sulfonamides is 1. The van der Waals surface area contributed by atoms with Gasteiger partial charge in [0.05, 0.1) is 14.9 Å². The summed E-state index contributed by atoms with van der Waals surface area (Å²) in [5, 5.41) is 0.652. The lowest BCUT2D eigenvalue weighted by atomic mass is 10.2. The van der Waals surface area contributed by atoms with Crippen LogP contribution in [-0.2, 0) is 10.0 Å². The highest BCUT2D eigenvalue weighted by Crippen LogP contribution is 2.30. The van der Waals surface area contributed by atoms with Crippen LogP contribution in [0.4, 0.5) is 0 Å². The van der Waals surface area contributed by atoms with Gasteiger partial charge in [0, 0.05) is 13.1 Å². The number of halogens is 2. The second-order valence-corrected chi connectivity index (χ2v) is 6.86. The molecule has 94 valence electrons. The smallest absolute Gasteiger partial charge is 0.207 e. The van der Waals surface area contributed by atoms with Crippen molar-refractivity contribution in [1.29, 1.82) is 0 Å². The normalized spacial score (nSPS) is 17.6. The summed E-state index contributed by atoms with van der Waals surface area (Å²) in [6.07, 6.45) is 1.83. The zero-order valence-corrected chi connectivity index (χ0v) is 11.7. The van der Waals surface area contributed by atoms with E-state index in [1.165, 1.54) is 10.4 Å². The zero-order chi connectivity index (χ0) is 12.6. The Kier molecular flexibility index (Phi) is 3.69. The Morgan fingerprint density at radius 3 is 2.24 bits per heavy atom. The monoisotopic (exact) mass is 293 g/mol. The number of rotatable bonds is 2. The van der Waals surface area contributed by atoms with Crippen molar-refractivity contribution in [3.63, 3.8) is 0 Å². The van der Waals surface area contributed by atoms with Gasteiger partial charge in [0.15, 0.2) is 0 Å². The van der Waals surface area contributed by atoms with E-state index in [0.29, 0.717) is 23.7 Å². The number of nitrogens with zero attached hydrogens (tertiary/aromatic N) is 1. The summed E-state index contributed by atoms with van der Waals surface area (Å²) in [6, 6.07) is 3.03. The molecular formula is C11H13Cl2NO2S. The molecule has 0 spiro atoms. The van der Waals surface area contributed by atoms with Crippen LogP contribution in [0.25, 0.3) is 0 Å². The van der Waals surface area contributed by atoms with Crippen LogP contribution in [0.5, 0.6) is 0 Å². The number of hydrogen-bond acceptors (Lipinski definition) is 2. The van der Waals surface area contributed by atoms with Crippen molar-refractivity contribution in [3.05, 3.63) is 27.7 Å². The molecule has 3 nitrogen and oxygen atoms in total. The van der Waals surface area contributed by atoms with Crippen molar-refractivity contribution < 1.29 is 8.42 Å².